The summed E-state index contributed by atoms with van der Waals surface area (Å²) in [5, 5.41) is 2.76. The largest absolute Gasteiger partial charge is 0.326 e. The highest BCUT2D eigenvalue weighted by Gasteiger charge is 2.19. The monoisotopic (exact) mass is 467 g/mol. The zero-order valence-electron chi connectivity index (χ0n) is 18.3. The number of nitrogens with one attached hydrogen (secondary N) is 2. The van der Waals surface area contributed by atoms with Crippen molar-refractivity contribution in [2.24, 2.45) is 0 Å². The predicted octanol–water partition coefficient (Wildman–Crippen LogP) is 2.50. The molecule has 0 unspecified atom stereocenters. The smallest absolute Gasteiger partial charge is 0.242 e. The normalized spacial score (nSPS) is 12.4. The number of carbonyl (C=O) groups is 1. The van der Waals surface area contributed by atoms with Crippen LogP contribution in [0.25, 0.3) is 0 Å². The summed E-state index contributed by atoms with van der Waals surface area (Å²) < 4.78 is 52.6. The van der Waals surface area contributed by atoms with Gasteiger partial charge in [0.2, 0.25) is 26.0 Å². The second-order valence-corrected chi connectivity index (χ2v) is 11.6. The number of amides is 1. The Morgan fingerprint density at radius 3 is 2.10 bits per heavy atom. The summed E-state index contributed by atoms with van der Waals surface area (Å²) in [7, 11) is -4.27. The average Bonchev–Trinajstić information content (AvgIpc) is 2.67. The molecule has 2 aromatic carbocycles. The fourth-order valence-electron chi connectivity index (χ4n) is 2.79. The molecule has 8 nitrogen and oxygen atoms in total. The summed E-state index contributed by atoms with van der Waals surface area (Å²) in [6.07, 6.45) is 0.582. The molecule has 2 rings (SSSR count). The van der Waals surface area contributed by atoms with E-state index in [9.17, 15) is 21.6 Å². The van der Waals surface area contributed by atoms with E-state index in [0.29, 0.717) is 12.1 Å². The molecular formula is C21H29N3O5S2. The predicted molar refractivity (Wildman–Crippen MR) is 121 cm³/mol. The number of hydrogen-bond acceptors (Lipinski definition) is 5. The minimum absolute atomic E-state index is 0.102. The van der Waals surface area contributed by atoms with Crippen molar-refractivity contribution >= 4 is 31.6 Å². The van der Waals surface area contributed by atoms with Crippen LogP contribution in [0.5, 0.6) is 0 Å². The van der Waals surface area contributed by atoms with Gasteiger partial charge in [-0.3, -0.25) is 4.79 Å². The Labute approximate surface area is 184 Å². The van der Waals surface area contributed by atoms with Crippen LogP contribution in [0.1, 0.15) is 31.4 Å². The molecule has 0 heterocycles. The van der Waals surface area contributed by atoms with E-state index < -0.39 is 20.0 Å². The van der Waals surface area contributed by atoms with Crippen LogP contribution in [0.4, 0.5) is 5.69 Å². The summed E-state index contributed by atoms with van der Waals surface area (Å²) in [4.78, 5) is 12.7. The number of nitrogens with zero attached hydrogens (tertiary/aromatic N) is 1. The van der Waals surface area contributed by atoms with E-state index in [-0.39, 0.29) is 28.2 Å². The van der Waals surface area contributed by atoms with Gasteiger partial charge in [0.25, 0.3) is 0 Å². The van der Waals surface area contributed by atoms with Crippen molar-refractivity contribution in [1.82, 2.24) is 9.03 Å². The number of hydrogen-bond donors (Lipinski definition) is 2. The zero-order chi connectivity index (χ0) is 23.4. The van der Waals surface area contributed by atoms with E-state index in [0.717, 1.165) is 15.4 Å². The van der Waals surface area contributed by atoms with Gasteiger partial charge >= 0.3 is 0 Å². The van der Waals surface area contributed by atoms with Crippen molar-refractivity contribution in [2.75, 3.05) is 19.4 Å². The van der Waals surface area contributed by atoms with E-state index >= 15 is 0 Å². The topological polar surface area (TPSA) is 113 Å². The SMILES string of the molecule is Cc1ccc(S(=O)(=O)N(C)C)cc1NC(=O)CCc1ccc(S(=O)(=O)NC(C)C)cc1. The standard InChI is InChI=1S/C21H29N3O5S2/c1-15(2)23-30(26,27)18-11-7-17(8-12-18)9-13-21(25)22-20-14-19(10-6-16(20)3)31(28,29)24(4)5/h6-8,10-12,14-15,23H,9,13H2,1-5H3,(H,22,25). The highest BCUT2D eigenvalue weighted by Crippen LogP contribution is 2.22. The van der Waals surface area contributed by atoms with Gasteiger partial charge in [-0.05, 0) is 62.6 Å². The van der Waals surface area contributed by atoms with Gasteiger partial charge in [0.15, 0.2) is 0 Å². The van der Waals surface area contributed by atoms with Crippen molar-refractivity contribution in [2.45, 2.75) is 49.4 Å². The van der Waals surface area contributed by atoms with Crippen LogP contribution >= 0.6 is 0 Å². The molecule has 0 saturated carbocycles. The molecule has 0 bridgehead atoms. The Bertz CT molecular complexity index is 1140. The third kappa shape index (κ3) is 6.60. The molecule has 170 valence electrons. The maximum atomic E-state index is 12.4. The Morgan fingerprint density at radius 2 is 1.55 bits per heavy atom. The molecular weight excluding hydrogens is 438 g/mol. The number of aryl methyl sites for hydroxylation is 2. The number of anilines is 1. The maximum Gasteiger partial charge on any atom is 0.242 e. The van der Waals surface area contributed by atoms with Gasteiger partial charge in [0.1, 0.15) is 0 Å². The van der Waals surface area contributed by atoms with E-state index in [4.69, 9.17) is 0 Å². The van der Waals surface area contributed by atoms with Crippen LogP contribution in [0.15, 0.2) is 52.3 Å². The molecule has 2 N–H and O–H groups in total. The Hall–Kier alpha value is -2.27. The lowest BCUT2D eigenvalue weighted by Gasteiger charge is -2.14. The fraction of sp³-hybridized carbons (Fsp3) is 0.381. The molecule has 0 spiro atoms. The molecule has 0 fully saturated rings. The van der Waals surface area contributed by atoms with Crippen LogP contribution < -0.4 is 10.0 Å². The summed E-state index contributed by atoms with van der Waals surface area (Å²) in [6, 6.07) is 10.8. The molecule has 1 amide bonds. The van der Waals surface area contributed by atoms with Gasteiger partial charge < -0.3 is 5.32 Å². The number of rotatable bonds is 9. The molecule has 0 aromatic heterocycles. The molecule has 0 aliphatic rings. The van der Waals surface area contributed by atoms with Gasteiger partial charge in [0.05, 0.1) is 9.79 Å². The van der Waals surface area contributed by atoms with Crippen molar-refractivity contribution in [3.8, 4) is 0 Å². The molecule has 0 saturated heterocycles. The average molecular weight is 468 g/mol. The number of benzene rings is 2. The lowest BCUT2D eigenvalue weighted by molar-refractivity contribution is -0.116. The van der Waals surface area contributed by atoms with Crippen molar-refractivity contribution < 1.29 is 21.6 Å². The van der Waals surface area contributed by atoms with Gasteiger partial charge in [-0.15, -0.1) is 0 Å². The van der Waals surface area contributed by atoms with E-state index in [1.54, 1.807) is 39.0 Å². The summed E-state index contributed by atoms with van der Waals surface area (Å²) in [6.45, 7) is 5.28. The molecule has 10 heteroatoms. The van der Waals surface area contributed by atoms with E-state index in [1.807, 2.05) is 0 Å². The minimum Gasteiger partial charge on any atom is -0.326 e. The maximum absolute atomic E-state index is 12.4. The minimum atomic E-state index is -3.60. The molecule has 0 aliphatic heterocycles. The Morgan fingerprint density at radius 1 is 0.968 bits per heavy atom. The van der Waals surface area contributed by atoms with Gasteiger partial charge in [-0.2, -0.15) is 0 Å². The summed E-state index contributed by atoms with van der Waals surface area (Å²) in [5.41, 5.74) is 2.01. The Kier molecular flexibility index (Phi) is 7.98. The van der Waals surface area contributed by atoms with E-state index in [1.165, 1.54) is 38.4 Å². The lowest BCUT2D eigenvalue weighted by atomic mass is 10.1. The highest BCUT2D eigenvalue weighted by atomic mass is 32.2. The molecule has 0 radical (unpaired) electrons. The molecule has 0 aliphatic carbocycles. The summed E-state index contributed by atoms with van der Waals surface area (Å²) in [5.74, 6) is -0.263. The number of carbonyl (C=O) groups excluding carboxylic acids is 1. The third-order valence-corrected chi connectivity index (χ3v) is 8.01. The van der Waals surface area contributed by atoms with Crippen molar-refractivity contribution in [1.29, 1.82) is 0 Å². The van der Waals surface area contributed by atoms with Crippen molar-refractivity contribution in [3.63, 3.8) is 0 Å². The number of sulfonamides is 2. The molecule has 2 aromatic rings. The fourth-order valence-corrected chi connectivity index (χ4v) is 4.97. The highest BCUT2D eigenvalue weighted by molar-refractivity contribution is 7.89. The molecule has 0 atom stereocenters. The van der Waals surface area contributed by atoms with Crippen LogP contribution in [0, 0.1) is 6.92 Å². The second kappa shape index (κ2) is 9.90. The van der Waals surface area contributed by atoms with Gasteiger partial charge in [0, 0.05) is 32.2 Å². The first-order chi connectivity index (χ1) is 14.3. The second-order valence-electron chi connectivity index (χ2n) is 7.73. The quantitative estimate of drug-likeness (QED) is 0.588. The van der Waals surface area contributed by atoms with Crippen LogP contribution in [-0.2, 0) is 31.3 Å². The summed E-state index contributed by atoms with van der Waals surface area (Å²) >= 11 is 0. The first kappa shape index (κ1) is 25.0. The van der Waals surface area contributed by atoms with Gasteiger partial charge in [-0.25, -0.2) is 25.9 Å². The van der Waals surface area contributed by atoms with Crippen LogP contribution in [0.3, 0.4) is 0 Å². The zero-order valence-corrected chi connectivity index (χ0v) is 20.0. The first-order valence-electron chi connectivity index (χ1n) is 9.77. The Balaban J connectivity index is 2.05. The third-order valence-electron chi connectivity index (χ3n) is 4.53. The first-order valence-corrected chi connectivity index (χ1v) is 12.7. The van der Waals surface area contributed by atoms with Crippen LogP contribution in [-0.4, -0.2) is 47.2 Å². The molecule has 31 heavy (non-hydrogen) atoms. The van der Waals surface area contributed by atoms with Crippen LogP contribution in [0.2, 0.25) is 0 Å². The van der Waals surface area contributed by atoms with Gasteiger partial charge in [-0.1, -0.05) is 18.2 Å². The lowest BCUT2D eigenvalue weighted by Crippen LogP contribution is -2.30. The van der Waals surface area contributed by atoms with Crippen molar-refractivity contribution in [3.05, 3.63) is 53.6 Å². The van der Waals surface area contributed by atoms with E-state index in [2.05, 4.69) is 10.0 Å².